The van der Waals surface area contributed by atoms with E-state index in [2.05, 4.69) is 6.58 Å². The minimum Gasteiger partial charge on any atom is -0.469 e. The zero-order valence-electron chi connectivity index (χ0n) is 16.1. The van der Waals surface area contributed by atoms with Crippen molar-refractivity contribution < 1.29 is 38.1 Å². The van der Waals surface area contributed by atoms with Crippen LogP contribution in [0.25, 0.3) is 0 Å². The summed E-state index contributed by atoms with van der Waals surface area (Å²) in [4.78, 5) is 49.7. The third-order valence-electron chi connectivity index (χ3n) is 5.65. The molecule has 0 saturated heterocycles. The molecule has 8 nitrogen and oxygen atoms in total. The Morgan fingerprint density at radius 1 is 0.889 bits per heavy atom. The zero-order chi connectivity index (χ0) is 20.5. The highest BCUT2D eigenvalue weighted by Crippen LogP contribution is 2.55. The molecule has 2 aliphatic carbocycles. The van der Waals surface area contributed by atoms with Gasteiger partial charge in [0.15, 0.2) is 5.41 Å². The third-order valence-corrected chi connectivity index (χ3v) is 5.65. The first-order valence-corrected chi connectivity index (χ1v) is 8.43. The molecular formula is C19H24O8. The molecule has 0 spiro atoms. The molecule has 0 bridgehead atoms. The van der Waals surface area contributed by atoms with Crippen LogP contribution in [-0.4, -0.2) is 52.3 Å². The summed E-state index contributed by atoms with van der Waals surface area (Å²) in [6.45, 7) is 5.73. The standard InChI is InChI=1S/C19H24O8/c1-9-11-7-19(17(22)26-5,18(23)27-6)8-12(11)10(2)14(16(21)25-4)13(9)15(20)24-3/h10,13-14H,1,7-8H2,2-6H3/t10-,13+,14+/m0/s1. The molecule has 8 heteroatoms. The first-order valence-electron chi connectivity index (χ1n) is 8.43. The van der Waals surface area contributed by atoms with Crippen LogP contribution in [0.2, 0.25) is 0 Å². The Bertz CT molecular complexity index is 716. The molecule has 0 amide bonds. The summed E-state index contributed by atoms with van der Waals surface area (Å²) in [5.74, 6) is -4.94. The van der Waals surface area contributed by atoms with Crippen LogP contribution in [-0.2, 0) is 38.1 Å². The van der Waals surface area contributed by atoms with Gasteiger partial charge in [0.05, 0.1) is 40.3 Å². The summed E-state index contributed by atoms with van der Waals surface area (Å²) >= 11 is 0. The van der Waals surface area contributed by atoms with E-state index in [4.69, 9.17) is 18.9 Å². The largest absolute Gasteiger partial charge is 0.469 e. The van der Waals surface area contributed by atoms with E-state index in [-0.39, 0.29) is 12.8 Å². The smallest absolute Gasteiger partial charge is 0.323 e. The van der Waals surface area contributed by atoms with Crippen LogP contribution >= 0.6 is 0 Å². The van der Waals surface area contributed by atoms with Gasteiger partial charge >= 0.3 is 23.9 Å². The highest BCUT2D eigenvalue weighted by molar-refractivity contribution is 6.02. The average Bonchev–Trinajstić information content (AvgIpc) is 3.10. The number of esters is 4. The molecule has 2 aliphatic rings. The molecule has 0 saturated carbocycles. The van der Waals surface area contributed by atoms with Crippen molar-refractivity contribution in [3.63, 3.8) is 0 Å². The number of methoxy groups -OCH3 is 4. The number of ether oxygens (including phenoxy) is 4. The van der Waals surface area contributed by atoms with E-state index in [1.54, 1.807) is 6.92 Å². The SMILES string of the molecule is C=C1C2=C(CC(C(=O)OC)(C(=O)OC)C2)[C@H](C)[C@@H](C(=O)OC)[C@@H]1C(=O)OC. The molecule has 0 aromatic rings. The van der Waals surface area contributed by atoms with Crippen LogP contribution in [0.4, 0.5) is 0 Å². The number of allylic oxidation sites excluding steroid dienone is 2. The van der Waals surface area contributed by atoms with Gasteiger partial charge in [0.2, 0.25) is 0 Å². The molecule has 0 aromatic heterocycles. The van der Waals surface area contributed by atoms with Crippen LogP contribution in [0.15, 0.2) is 23.3 Å². The molecule has 27 heavy (non-hydrogen) atoms. The maximum Gasteiger partial charge on any atom is 0.323 e. The lowest BCUT2D eigenvalue weighted by Gasteiger charge is -2.35. The fourth-order valence-corrected chi connectivity index (χ4v) is 4.23. The van der Waals surface area contributed by atoms with Crippen LogP contribution in [0.3, 0.4) is 0 Å². The second-order valence-corrected chi connectivity index (χ2v) is 6.79. The topological polar surface area (TPSA) is 105 Å². The highest BCUT2D eigenvalue weighted by atomic mass is 16.5. The molecule has 0 unspecified atom stereocenters. The van der Waals surface area contributed by atoms with Crippen molar-refractivity contribution >= 4 is 23.9 Å². The van der Waals surface area contributed by atoms with Gasteiger partial charge in [-0.05, 0) is 29.9 Å². The van der Waals surface area contributed by atoms with Crippen molar-refractivity contribution in [2.24, 2.45) is 23.2 Å². The quantitative estimate of drug-likeness (QED) is 0.407. The zero-order valence-corrected chi connectivity index (χ0v) is 16.1. The van der Waals surface area contributed by atoms with E-state index in [0.717, 1.165) is 0 Å². The summed E-state index contributed by atoms with van der Waals surface area (Å²) < 4.78 is 19.4. The van der Waals surface area contributed by atoms with Gasteiger partial charge in [0, 0.05) is 0 Å². The summed E-state index contributed by atoms with van der Waals surface area (Å²) in [5, 5.41) is 0. The van der Waals surface area contributed by atoms with E-state index >= 15 is 0 Å². The number of hydrogen-bond donors (Lipinski definition) is 0. The molecular weight excluding hydrogens is 356 g/mol. The first kappa shape index (κ1) is 20.7. The van der Waals surface area contributed by atoms with E-state index in [1.807, 2.05) is 0 Å². The van der Waals surface area contributed by atoms with E-state index in [1.165, 1.54) is 28.4 Å². The van der Waals surface area contributed by atoms with Crippen molar-refractivity contribution in [3.8, 4) is 0 Å². The van der Waals surface area contributed by atoms with Crippen LogP contribution in [0, 0.1) is 23.2 Å². The number of carbonyl (C=O) groups is 4. The Kier molecular flexibility index (Phi) is 5.77. The lowest BCUT2D eigenvalue weighted by Crippen LogP contribution is -2.41. The van der Waals surface area contributed by atoms with Gasteiger partial charge in [-0.3, -0.25) is 19.2 Å². The minimum absolute atomic E-state index is 0.00770. The number of hydrogen-bond acceptors (Lipinski definition) is 8. The molecule has 0 aromatic carbocycles. The molecule has 0 aliphatic heterocycles. The van der Waals surface area contributed by atoms with Crippen LogP contribution in [0.1, 0.15) is 19.8 Å². The van der Waals surface area contributed by atoms with Crippen molar-refractivity contribution in [1.82, 2.24) is 0 Å². The van der Waals surface area contributed by atoms with Gasteiger partial charge in [-0.25, -0.2) is 0 Å². The van der Waals surface area contributed by atoms with Gasteiger partial charge in [-0.2, -0.15) is 0 Å². The fourth-order valence-electron chi connectivity index (χ4n) is 4.23. The number of rotatable bonds is 4. The van der Waals surface area contributed by atoms with Crippen LogP contribution < -0.4 is 0 Å². The minimum atomic E-state index is -1.56. The predicted octanol–water partition coefficient (Wildman–Crippen LogP) is 1.19. The Hall–Kier alpha value is -2.64. The molecule has 2 rings (SSSR count). The van der Waals surface area contributed by atoms with Gasteiger partial charge in [-0.15, -0.1) is 0 Å². The van der Waals surface area contributed by atoms with E-state index < -0.39 is 47.0 Å². The predicted molar refractivity (Wildman–Crippen MR) is 92.0 cm³/mol. The summed E-state index contributed by atoms with van der Waals surface area (Å²) in [5.41, 5.74) is 0.0945. The molecule has 0 fully saturated rings. The summed E-state index contributed by atoms with van der Waals surface area (Å²) in [6.07, 6.45) is 0.0233. The lowest BCUT2D eigenvalue weighted by molar-refractivity contribution is -0.168. The molecule has 0 radical (unpaired) electrons. The highest BCUT2D eigenvalue weighted by Gasteiger charge is 2.59. The van der Waals surface area contributed by atoms with Crippen molar-refractivity contribution in [1.29, 1.82) is 0 Å². The summed E-state index contributed by atoms with van der Waals surface area (Å²) in [7, 11) is 4.84. The Morgan fingerprint density at radius 2 is 1.41 bits per heavy atom. The normalized spacial score (nSPS) is 26.1. The lowest BCUT2D eigenvalue weighted by atomic mass is 9.68. The van der Waals surface area contributed by atoms with Gasteiger partial charge < -0.3 is 18.9 Å². The van der Waals surface area contributed by atoms with Crippen molar-refractivity contribution in [2.45, 2.75) is 19.8 Å². The Morgan fingerprint density at radius 3 is 1.85 bits per heavy atom. The third kappa shape index (κ3) is 3.02. The van der Waals surface area contributed by atoms with Crippen LogP contribution in [0.5, 0.6) is 0 Å². The monoisotopic (exact) mass is 380 g/mol. The number of carbonyl (C=O) groups excluding carboxylic acids is 4. The second-order valence-electron chi connectivity index (χ2n) is 6.79. The van der Waals surface area contributed by atoms with Gasteiger partial charge in [0.25, 0.3) is 0 Å². The molecule has 0 heterocycles. The molecule has 0 N–H and O–H groups in total. The maximum absolute atomic E-state index is 12.5. The Labute approximate surface area is 157 Å². The molecule has 148 valence electrons. The molecule has 3 atom stereocenters. The van der Waals surface area contributed by atoms with Crippen molar-refractivity contribution in [3.05, 3.63) is 23.3 Å². The fraction of sp³-hybridized carbons (Fsp3) is 0.579. The second kappa shape index (κ2) is 7.54. The van der Waals surface area contributed by atoms with Gasteiger partial charge in [-0.1, -0.05) is 19.1 Å². The summed E-state index contributed by atoms with van der Waals surface area (Å²) in [6, 6.07) is 0. The first-order chi connectivity index (χ1) is 12.7. The van der Waals surface area contributed by atoms with E-state index in [9.17, 15) is 19.2 Å². The van der Waals surface area contributed by atoms with Crippen molar-refractivity contribution in [2.75, 3.05) is 28.4 Å². The van der Waals surface area contributed by atoms with Gasteiger partial charge in [0.1, 0.15) is 0 Å². The maximum atomic E-state index is 12.5. The Balaban J connectivity index is 2.57. The van der Waals surface area contributed by atoms with E-state index in [0.29, 0.717) is 16.7 Å². The average molecular weight is 380 g/mol.